The van der Waals surface area contributed by atoms with Gasteiger partial charge in [-0.05, 0) is 12.8 Å². The molecule has 0 radical (unpaired) electrons. The molecule has 0 saturated heterocycles. The maximum atomic E-state index is 11.8. The molecule has 6 heteroatoms. The molecular weight excluding hydrogens is 346 g/mol. The number of carbonyl (C=O) groups is 1. The normalized spacial score (nSPS) is 14.3. The van der Waals surface area contributed by atoms with E-state index in [9.17, 15) is 25.2 Å². The quantitative estimate of drug-likeness (QED) is 0.201. The summed E-state index contributed by atoms with van der Waals surface area (Å²) < 4.78 is 0.0500. The van der Waals surface area contributed by atoms with Gasteiger partial charge in [-0.2, -0.15) is 0 Å². The van der Waals surface area contributed by atoms with Crippen LogP contribution in [-0.2, 0) is 4.79 Å². The number of carboxylic acid groups (broad SMARTS) is 1. The summed E-state index contributed by atoms with van der Waals surface area (Å²) in [6.07, 6.45) is 10.8. The molecule has 0 aliphatic carbocycles. The molecule has 2 unspecified atom stereocenters. The monoisotopic (exact) mass is 390 g/mol. The molecule has 2 atom stereocenters. The zero-order valence-electron chi connectivity index (χ0n) is 17.6. The average molecular weight is 391 g/mol. The number of hydrogen-bond donors (Lipinski definition) is 4. The lowest BCUT2D eigenvalue weighted by molar-refractivity contribution is -0.946. The van der Waals surface area contributed by atoms with Gasteiger partial charge >= 0.3 is 5.97 Å². The van der Waals surface area contributed by atoms with Gasteiger partial charge in [0.2, 0.25) is 0 Å². The Morgan fingerprint density at radius 2 is 1.33 bits per heavy atom. The Balaban J connectivity index is 4.60. The van der Waals surface area contributed by atoms with E-state index in [0.29, 0.717) is 19.3 Å². The predicted octanol–water partition coefficient (Wildman–Crippen LogP) is 2.93. The number of carboxylic acids is 1. The molecule has 0 aliphatic rings. The fraction of sp³-hybridized carbons (Fsp3) is 0.952. The molecule has 4 N–H and O–H groups in total. The standard InChI is InChI=1S/C21H43NO5/c1-3-5-6-7-8-9-10-11-13-19(25)18-22(14-16-23,15-17-24)20(12-4-2)21(26)27/h19-20,23-25H,3-18H2,1-2H3/p+1. The SMILES string of the molecule is CCCCCCCCCCC(O)C[N+](CCO)(CCO)C(CCC)C(=O)O. The van der Waals surface area contributed by atoms with E-state index in [-0.39, 0.29) is 37.3 Å². The zero-order chi connectivity index (χ0) is 20.5. The van der Waals surface area contributed by atoms with Crippen molar-refractivity contribution < 1.29 is 29.7 Å². The van der Waals surface area contributed by atoms with Crippen molar-refractivity contribution in [2.45, 2.75) is 96.6 Å². The minimum Gasteiger partial charge on any atom is -0.477 e. The molecule has 0 aromatic heterocycles. The lowest BCUT2D eigenvalue weighted by Crippen LogP contribution is -2.63. The Morgan fingerprint density at radius 1 is 0.815 bits per heavy atom. The Hall–Kier alpha value is -0.690. The van der Waals surface area contributed by atoms with Crippen LogP contribution in [0.15, 0.2) is 0 Å². The third-order valence-corrected chi connectivity index (χ3v) is 5.56. The van der Waals surface area contributed by atoms with Crippen LogP contribution in [0.1, 0.15) is 84.5 Å². The molecule has 0 rings (SSSR count). The second-order valence-electron chi connectivity index (χ2n) is 7.86. The van der Waals surface area contributed by atoms with Gasteiger partial charge in [-0.1, -0.05) is 65.2 Å². The Morgan fingerprint density at radius 3 is 1.78 bits per heavy atom. The number of aliphatic carboxylic acids is 1. The minimum atomic E-state index is -0.918. The number of unbranched alkanes of at least 4 members (excludes halogenated alkanes) is 7. The fourth-order valence-corrected chi connectivity index (χ4v) is 4.06. The van der Waals surface area contributed by atoms with Crippen LogP contribution in [0.25, 0.3) is 0 Å². The summed E-state index contributed by atoms with van der Waals surface area (Å²) in [7, 11) is 0. The molecule has 0 saturated carbocycles. The molecular formula is C21H44NO5+. The number of hydrogen-bond acceptors (Lipinski definition) is 4. The molecule has 0 aromatic carbocycles. The van der Waals surface area contributed by atoms with Crippen LogP contribution in [-0.4, -0.2) is 75.9 Å². The lowest BCUT2D eigenvalue weighted by Gasteiger charge is -2.43. The predicted molar refractivity (Wildman–Crippen MR) is 109 cm³/mol. The van der Waals surface area contributed by atoms with Crippen LogP contribution >= 0.6 is 0 Å². The Bertz CT molecular complexity index is 358. The van der Waals surface area contributed by atoms with Gasteiger partial charge in [0.25, 0.3) is 0 Å². The largest absolute Gasteiger partial charge is 0.477 e. The number of nitrogens with zero attached hydrogens (tertiary/aromatic N) is 1. The van der Waals surface area contributed by atoms with Gasteiger partial charge in [-0.3, -0.25) is 0 Å². The van der Waals surface area contributed by atoms with E-state index in [2.05, 4.69) is 6.92 Å². The maximum Gasteiger partial charge on any atom is 0.362 e. The molecule has 0 spiro atoms. The first-order valence-corrected chi connectivity index (χ1v) is 11.0. The first-order chi connectivity index (χ1) is 13.0. The van der Waals surface area contributed by atoms with Gasteiger partial charge in [-0.25, -0.2) is 4.79 Å². The molecule has 0 aliphatic heterocycles. The van der Waals surface area contributed by atoms with E-state index in [0.717, 1.165) is 12.8 Å². The summed E-state index contributed by atoms with van der Waals surface area (Å²) in [4.78, 5) is 11.8. The van der Waals surface area contributed by atoms with Crippen molar-refractivity contribution >= 4 is 5.97 Å². The van der Waals surface area contributed by atoms with E-state index in [1.165, 1.54) is 38.5 Å². The lowest BCUT2D eigenvalue weighted by atomic mass is 10.0. The number of rotatable bonds is 19. The summed E-state index contributed by atoms with van der Waals surface area (Å²) in [6.45, 7) is 4.59. The number of aliphatic hydroxyl groups is 3. The summed E-state index contributed by atoms with van der Waals surface area (Å²) in [6, 6.07) is -0.706. The number of quaternary nitrogens is 1. The van der Waals surface area contributed by atoms with Crippen LogP contribution in [0.3, 0.4) is 0 Å². The van der Waals surface area contributed by atoms with Crippen LogP contribution < -0.4 is 0 Å². The third-order valence-electron chi connectivity index (χ3n) is 5.56. The van der Waals surface area contributed by atoms with Crippen molar-refractivity contribution in [3.8, 4) is 0 Å². The second-order valence-corrected chi connectivity index (χ2v) is 7.86. The van der Waals surface area contributed by atoms with E-state index < -0.39 is 18.1 Å². The molecule has 0 fully saturated rings. The fourth-order valence-electron chi connectivity index (χ4n) is 4.06. The van der Waals surface area contributed by atoms with Crippen molar-refractivity contribution in [2.24, 2.45) is 0 Å². The Kier molecular flexibility index (Phi) is 15.9. The topological polar surface area (TPSA) is 98.0 Å². The van der Waals surface area contributed by atoms with Gasteiger partial charge in [0, 0.05) is 6.42 Å². The summed E-state index contributed by atoms with van der Waals surface area (Å²) in [5.74, 6) is -0.918. The van der Waals surface area contributed by atoms with Gasteiger partial charge in [0.1, 0.15) is 25.7 Å². The van der Waals surface area contributed by atoms with Crippen molar-refractivity contribution in [3.63, 3.8) is 0 Å². The molecule has 0 amide bonds. The summed E-state index contributed by atoms with van der Waals surface area (Å²) in [5.41, 5.74) is 0. The Labute approximate surface area is 165 Å². The highest BCUT2D eigenvalue weighted by Crippen LogP contribution is 2.21. The third kappa shape index (κ3) is 11.0. The van der Waals surface area contributed by atoms with E-state index in [1.807, 2.05) is 6.92 Å². The van der Waals surface area contributed by atoms with Gasteiger partial charge in [0.05, 0.1) is 13.2 Å². The van der Waals surface area contributed by atoms with Crippen molar-refractivity contribution in [3.05, 3.63) is 0 Å². The maximum absolute atomic E-state index is 11.8. The molecule has 27 heavy (non-hydrogen) atoms. The highest BCUT2D eigenvalue weighted by molar-refractivity contribution is 5.72. The second kappa shape index (κ2) is 16.3. The molecule has 0 bridgehead atoms. The first-order valence-electron chi connectivity index (χ1n) is 11.0. The van der Waals surface area contributed by atoms with Gasteiger partial charge in [-0.15, -0.1) is 0 Å². The molecule has 162 valence electrons. The summed E-state index contributed by atoms with van der Waals surface area (Å²) in [5, 5.41) is 39.2. The smallest absolute Gasteiger partial charge is 0.362 e. The summed E-state index contributed by atoms with van der Waals surface area (Å²) >= 11 is 0. The van der Waals surface area contributed by atoms with Gasteiger partial charge < -0.3 is 24.9 Å². The van der Waals surface area contributed by atoms with Crippen LogP contribution in [0.2, 0.25) is 0 Å². The van der Waals surface area contributed by atoms with E-state index in [4.69, 9.17) is 0 Å². The molecule has 6 nitrogen and oxygen atoms in total. The van der Waals surface area contributed by atoms with Crippen LogP contribution in [0.4, 0.5) is 0 Å². The van der Waals surface area contributed by atoms with E-state index in [1.54, 1.807) is 0 Å². The van der Waals surface area contributed by atoms with E-state index >= 15 is 0 Å². The average Bonchev–Trinajstić information content (AvgIpc) is 2.62. The van der Waals surface area contributed by atoms with Crippen LogP contribution in [0.5, 0.6) is 0 Å². The highest BCUT2D eigenvalue weighted by Gasteiger charge is 2.42. The molecule has 0 aromatic rings. The minimum absolute atomic E-state index is 0.0500. The van der Waals surface area contributed by atoms with Gasteiger partial charge in [0.15, 0.2) is 6.04 Å². The first kappa shape index (κ1) is 26.3. The van der Waals surface area contributed by atoms with Crippen molar-refractivity contribution in [1.82, 2.24) is 0 Å². The van der Waals surface area contributed by atoms with Crippen molar-refractivity contribution in [1.29, 1.82) is 0 Å². The number of aliphatic hydroxyl groups excluding tert-OH is 3. The molecule has 0 heterocycles. The zero-order valence-corrected chi connectivity index (χ0v) is 17.6. The van der Waals surface area contributed by atoms with Crippen LogP contribution in [0, 0.1) is 0 Å². The van der Waals surface area contributed by atoms with Crippen molar-refractivity contribution in [2.75, 3.05) is 32.8 Å². The highest BCUT2D eigenvalue weighted by atomic mass is 16.4.